The lowest BCUT2D eigenvalue weighted by atomic mass is 10.1. The molecule has 0 aromatic carbocycles. The molecule has 0 radical (unpaired) electrons. The van der Waals surface area contributed by atoms with Gasteiger partial charge in [-0.25, -0.2) is 15.0 Å². The molecule has 2 aromatic heterocycles. The summed E-state index contributed by atoms with van der Waals surface area (Å²) in [6, 6.07) is -0.892. The summed E-state index contributed by atoms with van der Waals surface area (Å²) in [5.41, 5.74) is 6.44. The van der Waals surface area contributed by atoms with E-state index in [0.717, 1.165) is 0 Å². The van der Waals surface area contributed by atoms with Gasteiger partial charge in [-0.1, -0.05) is 0 Å². The van der Waals surface area contributed by atoms with Gasteiger partial charge in [0.05, 0.1) is 6.33 Å². The van der Waals surface area contributed by atoms with E-state index in [1.807, 2.05) is 0 Å². The molecule has 25 heavy (non-hydrogen) atoms. The fraction of sp³-hybridized carbons (Fsp3) is 0.538. The van der Waals surface area contributed by atoms with Crippen LogP contribution in [0.15, 0.2) is 12.7 Å². The standard InChI is InChI=1S/C13H18N6O5S/c14-10-7-11(17-3-16-10)19(4-18-7)12-9(21)8(20)6(24-12)1-15-5(2-25)13(22)23/h3-6,8-9,12,15,20-21,25H,1-2H2,(H,22,23)(H2,14,16,17)/t5?,6-,8-,9-,12-/m1/s1. The number of nitrogens with zero attached hydrogens (tertiary/aromatic N) is 4. The van der Waals surface area contributed by atoms with Gasteiger partial charge in [0, 0.05) is 12.3 Å². The van der Waals surface area contributed by atoms with Crippen molar-refractivity contribution in [3.63, 3.8) is 0 Å². The van der Waals surface area contributed by atoms with Crippen molar-refractivity contribution in [2.45, 2.75) is 30.6 Å². The van der Waals surface area contributed by atoms with Crippen molar-refractivity contribution < 1.29 is 24.9 Å². The van der Waals surface area contributed by atoms with E-state index in [0.29, 0.717) is 11.2 Å². The summed E-state index contributed by atoms with van der Waals surface area (Å²) in [4.78, 5) is 23.0. The fourth-order valence-corrected chi connectivity index (χ4v) is 2.96. The molecule has 1 fully saturated rings. The Hall–Kier alpha value is -1.99. The summed E-state index contributed by atoms with van der Waals surface area (Å²) in [6.45, 7) is 0.0238. The van der Waals surface area contributed by atoms with Crippen LogP contribution < -0.4 is 11.1 Å². The maximum Gasteiger partial charge on any atom is 0.321 e. The third-order valence-corrected chi connectivity index (χ3v) is 4.41. The maximum absolute atomic E-state index is 11.0. The highest BCUT2D eigenvalue weighted by Crippen LogP contribution is 2.31. The molecule has 0 aliphatic carbocycles. The average Bonchev–Trinajstić information content (AvgIpc) is 3.12. The third-order valence-electron chi connectivity index (χ3n) is 4.04. The van der Waals surface area contributed by atoms with E-state index < -0.39 is 36.6 Å². The zero-order valence-corrected chi connectivity index (χ0v) is 13.8. The van der Waals surface area contributed by atoms with E-state index in [9.17, 15) is 15.0 Å². The van der Waals surface area contributed by atoms with E-state index in [4.69, 9.17) is 15.6 Å². The predicted molar refractivity (Wildman–Crippen MR) is 88.9 cm³/mol. The molecule has 6 N–H and O–H groups in total. The Morgan fingerprint density at radius 3 is 2.84 bits per heavy atom. The van der Waals surface area contributed by atoms with Gasteiger partial charge in [-0.3, -0.25) is 9.36 Å². The van der Waals surface area contributed by atoms with Crippen molar-refractivity contribution >= 4 is 35.6 Å². The van der Waals surface area contributed by atoms with Crippen LogP contribution in [0.2, 0.25) is 0 Å². The zero-order chi connectivity index (χ0) is 18.1. The molecule has 1 aliphatic heterocycles. The normalized spacial score (nSPS) is 27.6. The molecule has 136 valence electrons. The van der Waals surface area contributed by atoms with Crippen molar-refractivity contribution in [2.24, 2.45) is 0 Å². The minimum atomic E-state index is -1.25. The summed E-state index contributed by atoms with van der Waals surface area (Å²) in [5, 5.41) is 32.2. The van der Waals surface area contributed by atoms with E-state index in [1.165, 1.54) is 17.2 Å². The number of imidazole rings is 1. The second-order valence-electron chi connectivity index (χ2n) is 5.61. The molecule has 1 unspecified atom stereocenters. The number of anilines is 1. The lowest BCUT2D eigenvalue weighted by Gasteiger charge is -2.18. The summed E-state index contributed by atoms with van der Waals surface area (Å²) in [5.74, 6) is -0.799. The average molecular weight is 370 g/mol. The number of aromatic nitrogens is 4. The van der Waals surface area contributed by atoms with Gasteiger partial charge in [0.1, 0.15) is 36.2 Å². The van der Waals surface area contributed by atoms with Crippen LogP contribution in [-0.2, 0) is 9.53 Å². The minimum Gasteiger partial charge on any atom is -0.480 e. The van der Waals surface area contributed by atoms with Crippen LogP contribution in [0.1, 0.15) is 6.23 Å². The van der Waals surface area contributed by atoms with Gasteiger partial charge in [0.2, 0.25) is 0 Å². The SMILES string of the molecule is Nc1ncnc2c1ncn2[C@@H]1O[C@H](CNC(CS)C(=O)O)[C@@H](O)[C@H]1O. The molecule has 3 heterocycles. The number of aliphatic hydroxyl groups is 2. The molecule has 0 saturated carbocycles. The van der Waals surface area contributed by atoms with E-state index in [1.54, 1.807) is 0 Å². The van der Waals surface area contributed by atoms with Crippen LogP contribution in [0, 0.1) is 0 Å². The number of fused-ring (bicyclic) bond motifs is 1. The van der Waals surface area contributed by atoms with Crippen molar-refractivity contribution in [1.29, 1.82) is 0 Å². The van der Waals surface area contributed by atoms with Gasteiger partial charge in [-0.15, -0.1) is 0 Å². The first kappa shape index (κ1) is 17.8. The highest BCUT2D eigenvalue weighted by atomic mass is 32.1. The first-order valence-electron chi connectivity index (χ1n) is 7.45. The molecule has 11 nitrogen and oxygen atoms in total. The summed E-state index contributed by atoms with van der Waals surface area (Å²) in [7, 11) is 0. The highest BCUT2D eigenvalue weighted by molar-refractivity contribution is 7.80. The van der Waals surface area contributed by atoms with E-state index >= 15 is 0 Å². The molecular formula is C13H18N6O5S. The topological polar surface area (TPSA) is 169 Å². The van der Waals surface area contributed by atoms with E-state index in [-0.39, 0.29) is 18.1 Å². The van der Waals surface area contributed by atoms with Gasteiger partial charge >= 0.3 is 5.97 Å². The first-order chi connectivity index (χ1) is 11.9. The van der Waals surface area contributed by atoms with E-state index in [2.05, 4.69) is 32.9 Å². The van der Waals surface area contributed by atoms with Crippen molar-refractivity contribution in [3.8, 4) is 0 Å². The summed E-state index contributed by atoms with van der Waals surface area (Å²) < 4.78 is 7.15. The van der Waals surface area contributed by atoms with Crippen LogP contribution in [0.5, 0.6) is 0 Å². The van der Waals surface area contributed by atoms with Crippen molar-refractivity contribution in [1.82, 2.24) is 24.8 Å². The zero-order valence-electron chi connectivity index (χ0n) is 12.9. The van der Waals surface area contributed by atoms with Crippen LogP contribution in [0.4, 0.5) is 5.82 Å². The maximum atomic E-state index is 11.0. The molecule has 1 saturated heterocycles. The van der Waals surface area contributed by atoms with Crippen molar-refractivity contribution in [2.75, 3.05) is 18.0 Å². The third kappa shape index (κ3) is 3.26. The van der Waals surface area contributed by atoms with Crippen molar-refractivity contribution in [3.05, 3.63) is 12.7 Å². The number of nitrogens with two attached hydrogens (primary N) is 1. The Morgan fingerprint density at radius 2 is 2.16 bits per heavy atom. The van der Waals surface area contributed by atoms with Gasteiger partial charge in [0.25, 0.3) is 0 Å². The number of thiol groups is 1. The molecule has 0 spiro atoms. The van der Waals surface area contributed by atoms with Crippen LogP contribution in [0.25, 0.3) is 11.2 Å². The molecule has 1 aliphatic rings. The van der Waals surface area contributed by atoms with Gasteiger partial charge < -0.3 is 31.1 Å². The fourth-order valence-electron chi connectivity index (χ4n) is 2.67. The number of aliphatic hydroxyl groups excluding tert-OH is 2. The monoisotopic (exact) mass is 370 g/mol. The highest BCUT2D eigenvalue weighted by Gasteiger charge is 2.44. The lowest BCUT2D eigenvalue weighted by molar-refractivity contribution is -0.139. The Bertz CT molecular complexity index is 772. The Labute approximate surface area is 147 Å². The molecule has 2 aromatic rings. The van der Waals surface area contributed by atoms with Crippen LogP contribution >= 0.6 is 12.6 Å². The number of hydrogen-bond donors (Lipinski definition) is 6. The number of hydrogen-bond acceptors (Lipinski definition) is 10. The number of rotatable bonds is 6. The summed E-state index contributed by atoms with van der Waals surface area (Å²) in [6.07, 6.45) is -1.58. The molecule has 3 rings (SSSR count). The molecule has 0 amide bonds. The van der Waals surface area contributed by atoms with Gasteiger partial charge in [0.15, 0.2) is 17.7 Å². The number of carboxylic acid groups (broad SMARTS) is 1. The largest absolute Gasteiger partial charge is 0.480 e. The molecular weight excluding hydrogens is 352 g/mol. The Kier molecular flexibility index (Phi) is 5.06. The number of nitrogen functional groups attached to an aromatic ring is 1. The molecule has 5 atom stereocenters. The van der Waals surface area contributed by atoms with Gasteiger partial charge in [-0.2, -0.15) is 12.6 Å². The molecule has 12 heteroatoms. The quantitative estimate of drug-likeness (QED) is 0.313. The Balaban J connectivity index is 1.77. The smallest absolute Gasteiger partial charge is 0.321 e. The number of carbonyl (C=O) groups is 1. The predicted octanol–water partition coefficient (Wildman–Crippen LogP) is -2.00. The molecule has 0 bridgehead atoms. The number of nitrogens with one attached hydrogen (secondary N) is 1. The van der Waals surface area contributed by atoms with Gasteiger partial charge in [-0.05, 0) is 0 Å². The minimum absolute atomic E-state index is 0.0238. The number of carboxylic acids is 1. The first-order valence-corrected chi connectivity index (χ1v) is 8.09. The van der Waals surface area contributed by atoms with Crippen LogP contribution in [-0.4, -0.2) is 77.5 Å². The lowest BCUT2D eigenvalue weighted by Crippen LogP contribution is -2.45. The van der Waals surface area contributed by atoms with Crippen LogP contribution in [0.3, 0.4) is 0 Å². The Morgan fingerprint density at radius 1 is 1.40 bits per heavy atom. The number of ether oxygens (including phenoxy) is 1. The second-order valence-corrected chi connectivity index (χ2v) is 5.98. The second kappa shape index (κ2) is 7.09. The summed E-state index contributed by atoms with van der Waals surface area (Å²) >= 11 is 3.95. The number of aliphatic carboxylic acids is 1.